The minimum Gasteiger partial charge on any atom is -0.315 e. The number of aryl methyl sites for hydroxylation is 1. The van der Waals surface area contributed by atoms with Crippen LogP contribution in [0.4, 0.5) is 0 Å². The van der Waals surface area contributed by atoms with Crippen molar-refractivity contribution in [2.75, 3.05) is 19.6 Å². The van der Waals surface area contributed by atoms with Crippen LogP contribution in [-0.4, -0.2) is 38.4 Å². The van der Waals surface area contributed by atoms with Gasteiger partial charge in [0.15, 0.2) is 0 Å². The summed E-state index contributed by atoms with van der Waals surface area (Å²) in [6.45, 7) is 5.90. The van der Waals surface area contributed by atoms with Gasteiger partial charge in [-0.3, -0.25) is 0 Å². The number of benzene rings is 1. The van der Waals surface area contributed by atoms with Crippen molar-refractivity contribution in [1.82, 2.24) is 9.62 Å². The maximum Gasteiger partial charge on any atom is 0.243 e. The number of hydrogen-bond acceptors (Lipinski definition) is 3. The standard InChI is InChI=1S/C13H20N2O2S/c1-3-15(12-8-9-14-10-12)18(16,17)13-7-5-4-6-11(13)2/h4-7,12,14H,3,8-10H2,1-2H3. The molecule has 0 radical (unpaired) electrons. The lowest BCUT2D eigenvalue weighted by molar-refractivity contribution is 0.348. The van der Waals surface area contributed by atoms with E-state index in [1.807, 2.05) is 26.0 Å². The molecular weight excluding hydrogens is 248 g/mol. The quantitative estimate of drug-likeness (QED) is 0.897. The Morgan fingerprint density at radius 2 is 2.11 bits per heavy atom. The fourth-order valence-corrected chi connectivity index (χ4v) is 4.37. The highest BCUT2D eigenvalue weighted by atomic mass is 32.2. The first-order valence-corrected chi connectivity index (χ1v) is 7.79. The third kappa shape index (κ3) is 2.43. The summed E-state index contributed by atoms with van der Waals surface area (Å²) in [6.07, 6.45) is 0.888. The third-order valence-electron chi connectivity index (χ3n) is 3.43. The summed E-state index contributed by atoms with van der Waals surface area (Å²) in [6, 6.07) is 7.26. The summed E-state index contributed by atoms with van der Waals surface area (Å²) in [7, 11) is -3.37. The number of hydrogen-bond donors (Lipinski definition) is 1. The summed E-state index contributed by atoms with van der Waals surface area (Å²) in [4.78, 5) is 0.429. The van der Waals surface area contributed by atoms with Crippen LogP contribution in [0.15, 0.2) is 29.2 Å². The molecule has 2 rings (SSSR count). The van der Waals surface area contributed by atoms with Crippen LogP contribution in [0.25, 0.3) is 0 Å². The van der Waals surface area contributed by atoms with E-state index in [-0.39, 0.29) is 6.04 Å². The number of likely N-dealkylation sites (N-methyl/N-ethyl adjacent to an activating group) is 1. The van der Waals surface area contributed by atoms with Crippen LogP contribution in [0.2, 0.25) is 0 Å². The monoisotopic (exact) mass is 268 g/mol. The summed E-state index contributed by atoms with van der Waals surface area (Å²) < 4.78 is 27.0. The predicted octanol–water partition coefficient (Wildman–Crippen LogP) is 1.37. The molecule has 5 heteroatoms. The van der Waals surface area contributed by atoms with Gasteiger partial charge in [0.2, 0.25) is 10.0 Å². The second-order valence-electron chi connectivity index (χ2n) is 4.62. The van der Waals surface area contributed by atoms with Gasteiger partial charge in [0.25, 0.3) is 0 Å². The van der Waals surface area contributed by atoms with E-state index in [1.54, 1.807) is 16.4 Å². The van der Waals surface area contributed by atoms with Gasteiger partial charge in [0, 0.05) is 19.1 Å². The second kappa shape index (κ2) is 5.38. The van der Waals surface area contributed by atoms with Gasteiger partial charge in [0.05, 0.1) is 4.90 Å². The predicted molar refractivity (Wildman–Crippen MR) is 72.0 cm³/mol. The van der Waals surface area contributed by atoms with Crippen LogP contribution in [0, 0.1) is 6.92 Å². The molecule has 18 heavy (non-hydrogen) atoms. The lowest BCUT2D eigenvalue weighted by Gasteiger charge is -2.26. The molecule has 100 valence electrons. The Morgan fingerprint density at radius 1 is 1.39 bits per heavy atom. The number of nitrogens with one attached hydrogen (secondary N) is 1. The van der Waals surface area contributed by atoms with Gasteiger partial charge in [-0.2, -0.15) is 4.31 Å². The lowest BCUT2D eigenvalue weighted by atomic mass is 10.2. The Morgan fingerprint density at radius 3 is 2.67 bits per heavy atom. The van der Waals surface area contributed by atoms with Crippen LogP contribution in [0.1, 0.15) is 18.9 Å². The fraction of sp³-hybridized carbons (Fsp3) is 0.538. The Hall–Kier alpha value is -0.910. The fourth-order valence-electron chi connectivity index (χ4n) is 2.48. The molecule has 1 aromatic carbocycles. The van der Waals surface area contributed by atoms with E-state index in [0.29, 0.717) is 11.4 Å². The van der Waals surface area contributed by atoms with Crippen molar-refractivity contribution in [3.05, 3.63) is 29.8 Å². The van der Waals surface area contributed by atoms with E-state index in [2.05, 4.69) is 5.32 Å². The number of nitrogens with zero attached hydrogens (tertiary/aromatic N) is 1. The highest BCUT2D eigenvalue weighted by molar-refractivity contribution is 7.89. The maximum absolute atomic E-state index is 12.7. The van der Waals surface area contributed by atoms with Crippen LogP contribution in [0.5, 0.6) is 0 Å². The normalized spacial score (nSPS) is 20.5. The molecule has 0 amide bonds. The van der Waals surface area contributed by atoms with Gasteiger partial charge in [-0.25, -0.2) is 8.42 Å². The number of sulfonamides is 1. The molecule has 1 aromatic rings. The molecule has 0 bridgehead atoms. The molecule has 1 aliphatic rings. The topological polar surface area (TPSA) is 49.4 Å². The van der Waals surface area contributed by atoms with Crippen molar-refractivity contribution >= 4 is 10.0 Å². The van der Waals surface area contributed by atoms with E-state index in [9.17, 15) is 8.42 Å². The maximum atomic E-state index is 12.7. The van der Waals surface area contributed by atoms with Crippen molar-refractivity contribution < 1.29 is 8.42 Å². The Bertz CT molecular complexity index is 507. The molecule has 0 aromatic heterocycles. The average Bonchev–Trinajstić information content (AvgIpc) is 2.83. The zero-order chi connectivity index (χ0) is 13.2. The zero-order valence-corrected chi connectivity index (χ0v) is 11.7. The Labute approximate surface area is 109 Å². The average molecular weight is 268 g/mol. The molecule has 0 spiro atoms. The molecule has 1 saturated heterocycles. The minimum atomic E-state index is -3.37. The van der Waals surface area contributed by atoms with Gasteiger partial charge in [-0.1, -0.05) is 25.1 Å². The first-order valence-electron chi connectivity index (χ1n) is 6.35. The van der Waals surface area contributed by atoms with E-state index in [0.717, 1.165) is 25.1 Å². The largest absolute Gasteiger partial charge is 0.315 e. The minimum absolute atomic E-state index is 0.0830. The van der Waals surface area contributed by atoms with Crippen LogP contribution >= 0.6 is 0 Å². The van der Waals surface area contributed by atoms with Gasteiger partial charge in [-0.05, 0) is 31.5 Å². The van der Waals surface area contributed by atoms with Gasteiger partial charge < -0.3 is 5.32 Å². The van der Waals surface area contributed by atoms with Crippen molar-refractivity contribution in [3.63, 3.8) is 0 Å². The van der Waals surface area contributed by atoms with Gasteiger partial charge in [-0.15, -0.1) is 0 Å². The smallest absolute Gasteiger partial charge is 0.243 e. The molecule has 4 nitrogen and oxygen atoms in total. The molecule has 1 aliphatic heterocycles. The molecule has 1 unspecified atom stereocenters. The molecule has 0 saturated carbocycles. The van der Waals surface area contributed by atoms with Crippen LogP contribution in [-0.2, 0) is 10.0 Å². The molecule has 1 fully saturated rings. The van der Waals surface area contributed by atoms with Crippen molar-refractivity contribution in [2.24, 2.45) is 0 Å². The summed E-state index contributed by atoms with van der Waals surface area (Å²) >= 11 is 0. The van der Waals surface area contributed by atoms with Crippen molar-refractivity contribution in [3.8, 4) is 0 Å². The first-order chi connectivity index (χ1) is 8.57. The van der Waals surface area contributed by atoms with Gasteiger partial charge in [0.1, 0.15) is 0 Å². The molecule has 0 aliphatic carbocycles. The molecule has 1 atom stereocenters. The summed E-state index contributed by atoms with van der Waals surface area (Å²) in [5.41, 5.74) is 0.807. The van der Waals surface area contributed by atoms with Gasteiger partial charge >= 0.3 is 0 Å². The highest BCUT2D eigenvalue weighted by Gasteiger charge is 2.32. The highest BCUT2D eigenvalue weighted by Crippen LogP contribution is 2.23. The molecule has 1 N–H and O–H groups in total. The number of rotatable bonds is 4. The van der Waals surface area contributed by atoms with Crippen molar-refractivity contribution in [2.45, 2.75) is 31.2 Å². The Balaban J connectivity index is 2.37. The van der Waals surface area contributed by atoms with E-state index in [1.165, 1.54) is 0 Å². The summed E-state index contributed by atoms with van der Waals surface area (Å²) in [5, 5.41) is 3.22. The van der Waals surface area contributed by atoms with E-state index >= 15 is 0 Å². The summed E-state index contributed by atoms with van der Waals surface area (Å²) in [5.74, 6) is 0. The van der Waals surface area contributed by atoms with Crippen LogP contribution < -0.4 is 5.32 Å². The molecular formula is C13H20N2O2S. The zero-order valence-electron chi connectivity index (χ0n) is 10.9. The van der Waals surface area contributed by atoms with E-state index < -0.39 is 10.0 Å². The van der Waals surface area contributed by atoms with Crippen LogP contribution in [0.3, 0.4) is 0 Å². The van der Waals surface area contributed by atoms with Crippen molar-refractivity contribution in [1.29, 1.82) is 0 Å². The second-order valence-corrected chi connectivity index (χ2v) is 6.48. The Kier molecular flexibility index (Phi) is 4.04. The third-order valence-corrected chi connectivity index (χ3v) is 5.62. The SMILES string of the molecule is CCN(C1CCNC1)S(=O)(=O)c1ccccc1C. The van der Waals surface area contributed by atoms with E-state index in [4.69, 9.17) is 0 Å². The first kappa shape index (κ1) is 13.5. The lowest BCUT2D eigenvalue weighted by Crippen LogP contribution is -2.41. The molecule has 1 heterocycles.